The molecular formula is C17H19NO3. The van der Waals surface area contributed by atoms with Gasteiger partial charge >= 0.3 is 5.76 Å². The molecule has 1 aliphatic carbocycles. The van der Waals surface area contributed by atoms with Crippen LogP contribution in [0.3, 0.4) is 0 Å². The van der Waals surface area contributed by atoms with Gasteiger partial charge in [-0.05, 0) is 32.4 Å². The van der Waals surface area contributed by atoms with E-state index in [0.29, 0.717) is 6.42 Å². The number of hydrogen-bond acceptors (Lipinski definition) is 3. The molecule has 21 heavy (non-hydrogen) atoms. The number of aromatic nitrogens is 1. The van der Waals surface area contributed by atoms with Crippen molar-refractivity contribution in [3.05, 3.63) is 51.8 Å². The van der Waals surface area contributed by atoms with E-state index in [2.05, 4.69) is 0 Å². The summed E-state index contributed by atoms with van der Waals surface area (Å²) >= 11 is 0. The van der Waals surface area contributed by atoms with E-state index in [-0.39, 0.29) is 23.4 Å². The smallest absolute Gasteiger partial charge is 0.412 e. The fourth-order valence-electron chi connectivity index (χ4n) is 3.11. The van der Waals surface area contributed by atoms with Crippen molar-refractivity contribution in [2.45, 2.75) is 39.5 Å². The molecule has 0 spiro atoms. The van der Waals surface area contributed by atoms with Crippen LogP contribution >= 0.6 is 0 Å². The topological polar surface area (TPSA) is 52.2 Å². The number of aryl methyl sites for hydroxylation is 1. The maximum atomic E-state index is 12.2. The third-order valence-corrected chi connectivity index (χ3v) is 4.33. The van der Waals surface area contributed by atoms with E-state index in [9.17, 15) is 9.59 Å². The Kier molecular flexibility index (Phi) is 3.32. The molecule has 0 saturated heterocycles. The maximum Gasteiger partial charge on any atom is 0.424 e. The van der Waals surface area contributed by atoms with Crippen molar-refractivity contribution in [3.8, 4) is 5.69 Å². The predicted molar refractivity (Wildman–Crippen MR) is 79.9 cm³/mol. The molecule has 0 unspecified atom stereocenters. The van der Waals surface area contributed by atoms with Gasteiger partial charge in [-0.3, -0.25) is 4.79 Å². The number of carbonyl (C=O) groups is 1. The summed E-state index contributed by atoms with van der Waals surface area (Å²) in [5.74, 6) is 0.623. The van der Waals surface area contributed by atoms with Gasteiger partial charge in [0.25, 0.3) is 0 Å². The van der Waals surface area contributed by atoms with Crippen LogP contribution in [0.15, 0.2) is 33.5 Å². The molecule has 4 heteroatoms. The van der Waals surface area contributed by atoms with Gasteiger partial charge in [0, 0.05) is 18.3 Å². The molecule has 0 bridgehead atoms. The quantitative estimate of drug-likeness (QED) is 0.852. The van der Waals surface area contributed by atoms with Crippen molar-refractivity contribution in [3.63, 3.8) is 0 Å². The van der Waals surface area contributed by atoms with Gasteiger partial charge in [-0.1, -0.05) is 24.6 Å². The van der Waals surface area contributed by atoms with Crippen LogP contribution in [0, 0.1) is 12.8 Å². The average molecular weight is 285 g/mol. The summed E-state index contributed by atoms with van der Waals surface area (Å²) in [6.45, 7) is 5.64. The summed E-state index contributed by atoms with van der Waals surface area (Å²) in [6.07, 6.45) is 1.33. The summed E-state index contributed by atoms with van der Waals surface area (Å²) in [5, 5.41) is 0. The standard InChI is InChI=1S/C17H19NO3/c1-10-4-6-14(7-5-10)18-15-9-13(12(3)19)8-11(2)16(15)21-17(18)20/h4-7,11,13H,8-9H2,1-3H3/t11-,13+/m0/s1. The molecule has 2 aromatic rings. The Morgan fingerprint density at radius 3 is 2.57 bits per heavy atom. The van der Waals surface area contributed by atoms with Gasteiger partial charge in [0.05, 0.1) is 11.4 Å². The number of fused-ring (bicyclic) bond motifs is 1. The zero-order valence-electron chi connectivity index (χ0n) is 12.6. The van der Waals surface area contributed by atoms with Crippen LogP contribution in [0.4, 0.5) is 0 Å². The molecule has 0 N–H and O–H groups in total. The van der Waals surface area contributed by atoms with E-state index < -0.39 is 0 Å². The molecule has 0 saturated carbocycles. The third-order valence-electron chi connectivity index (χ3n) is 4.33. The van der Waals surface area contributed by atoms with E-state index in [0.717, 1.165) is 29.1 Å². The predicted octanol–water partition coefficient (Wildman–Crippen LogP) is 2.99. The Balaban J connectivity index is 2.13. The first-order valence-electron chi connectivity index (χ1n) is 7.29. The first kappa shape index (κ1) is 13.9. The summed E-state index contributed by atoms with van der Waals surface area (Å²) in [7, 11) is 0. The molecular weight excluding hydrogens is 266 g/mol. The summed E-state index contributed by atoms with van der Waals surface area (Å²) in [4.78, 5) is 24.0. The van der Waals surface area contributed by atoms with Crippen LogP contribution < -0.4 is 5.76 Å². The molecule has 1 heterocycles. The Morgan fingerprint density at radius 2 is 1.95 bits per heavy atom. The van der Waals surface area contributed by atoms with Gasteiger partial charge in [0.1, 0.15) is 11.5 Å². The maximum absolute atomic E-state index is 12.2. The van der Waals surface area contributed by atoms with E-state index in [1.54, 1.807) is 11.5 Å². The van der Waals surface area contributed by atoms with Gasteiger partial charge < -0.3 is 4.42 Å². The Hall–Kier alpha value is -2.10. The Morgan fingerprint density at radius 1 is 1.29 bits per heavy atom. The van der Waals surface area contributed by atoms with Crippen LogP contribution in [-0.2, 0) is 11.2 Å². The largest absolute Gasteiger partial charge is 0.424 e. The molecule has 0 amide bonds. The number of rotatable bonds is 2. The Bertz CT molecular complexity index is 736. The highest BCUT2D eigenvalue weighted by Gasteiger charge is 2.33. The highest BCUT2D eigenvalue weighted by molar-refractivity contribution is 5.79. The average Bonchev–Trinajstić information content (AvgIpc) is 2.77. The second kappa shape index (κ2) is 5.02. The number of Topliss-reactive ketones (excluding diaryl/α,β-unsaturated/α-hetero) is 1. The molecule has 0 aliphatic heterocycles. The molecule has 110 valence electrons. The highest BCUT2D eigenvalue weighted by atomic mass is 16.4. The minimum absolute atomic E-state index is 0.0267. The lowest BCUT2D eigenvalue weighted by Gasteiger charge is -2.24. The minimum Gasteiger partial charge on any atom is -0.412 e. The van der Waals surface area contributed by atoms with E-state index >= 15 is 0 Å². The molecule has 1 aromatic carbocycles. The van der Waals surface area contributed by atoms with Crippen LogP contribution in [0.5, 0.6) is 0 Å². The zero-order valence-corrected chi connectivity index (χ0v) is 12.6. The highest BCUT2D eigenvalue weighted by Crippen LogP contribution is 2.35. The van der Waals surface area contributed by atoms with Gasteiger partial charge in [0.2, 0.25) is 0 Å². The molecule has 1 aliphatic rings. The van der Waals surface area contributed by atoms with Crippen LogP contribution in [0.25, 0.3) is 5.69 Å². The van der Waals surface area contributed by atoms with Crippen molar-refractivity contribution >= 4 is 5.78 Å². The number of nitrogens with zero attached hydrogens (tertiary/aromatic N) is 1. The van der Waals surface area contributed by atoms with Crippen LogP contribution in [0.2, 0.25) is 0 Å². The fraction of sp³-hybridized carbons (Fsp3) is 0.412. The lowest BCUT2D eigenvalue weighted by molar-refractivity contribution is -0.121. The minimum atomic E-state index is -0.361. The molecule has 0 radical (unpaired) electrons. The summed E-state index contributed by atoms with van der Waals surface area (Å²) in [5.41, 5.74) is 2.79. The number of hydrogen-bond donors (Lipinski definition) is 0. The van der Waals surface area contributed by atoms with E-state index in [1.807, 2.05) is 38.1 Å². The van der Waals surface area contributed by atoms with Crippen molar-refractivity contribution in [1.29, 1.82) is 0 Å². The molecule has 2 atom stereocenters. The lowest BCUT2D eigenvalue weighted by atomic mass is 9.81. The molecule has 0 fully saturated rings. The normalized spacial score (nSPS) is 21.1. The first-order valence-corrected chi connectivity index (χ1v) is 7.29. The third kappa shape index (κ3) is 2.35. The second-order valence-corrected chi connectivity index (χ2v) is 6.00. The van der Waals surface area contributed by atoms with Crippen molar-refractivity contribution < 1.29 is 9.21 Å². The SMILES string of the molecule is CC(=O)[C@H]1Cc2c(oc(=O)n2-c2ccc(C)cc2)[C@@H](C)C1. The summed E-state index contributed by atoms with van der Waals surface area (Å²) < 4.78 is 7.07. The second-order valence-electron chi connectivity index (χ2n) is 6.00. The zero-order chi connectivity index (χ0) is 15.1. The Labute approximate surface area is 123 Å². The van der Waals surface area contributed by atoms with Gasteiger partial charge in [0.15, 0.2) is 0 Å². The molecule has 1 aromatic heterocycles. The molecule has 4 nitrogen and oxygen atoms in total. The van der Waals surface area contributed by atoms with Gasteiger partial charge in [-0.2, -0.15) is 0 Å². The lowest BCUT2D eigenvalue weighted by Crippen LogP contribution is -2.25. The van der Waals surface area contributed by atoms with Crippen LogP contribution in [-0.4, -0.2) is 10.4 Å². The monoisotopic (exact) mass is 285 g/mol. The van der Waals surface area contributed by atoms with Gasteiger partial charge in [-0.25, -0.2) is 9.36 Å². The first-order chi connectivity index (χ1) is 9.97. The number of benzene rings is 1. The molecule has 3 rings (SSSR count). The van der Waals surface area contributed by atoms with Crippen molar-refractivity contribution in [2.75, 3.05) is 0 Å². The number of carbonyl (C=O) groups excluding carboxylic acids is 1. The van der Waals surface area contributed by atoms with Crippen molar-refractivity contribution in [2.24, 2.45) is 5.92 Å². The van der Waals surface area contributed by atoms with Crippen molar-refractivity contribution in [1.82, 2.24) is 4.57 Å². The number of ketones is 1. The van der Waals surface area contributed by atoms with Gasteiger partial charge in [-0.15, -0.1) is 0 Å². The summed E-state index contributed by atoms with van der Waals surface area (Å²) in [6, 6.07) is 7.76. The fourth-order valence-corrected chi connectivity index (χ4v) is 3.11. The van der Waals surface area contributed by atoms with E-state index in [1.165, 1.54) is 0 Å². The van der Waals surface area contributed by atoms with Crippen LogP contribution in [0.1, 0.15) is 43.2 Å². The number of oxazole rings is 1. The van der Waals surface area contributed by atoms with E-state index in [4.69, 9.17) is 4.42 Å².